The average molecular weight is 219 g/mol. The molecule has 0 aromatic heterocycles. The van der Waals surface area contributed by atoms with Crippen LogP contribution in [0.5, 0.6) is 0 Å². The Hall–Kier alpha value is -1.39. The van der Waals surface area contributed by atoms with Crippen LogP contribution in [0.15, 0.2) is 30.3 Å². The van der Waals surface area contributed by atoms with E-state index in [9.17, 15) is 4.79 Å². The topological polar surface area (TPSA) is 49.6 Å². The molecule has 1 unspecified atom stereocenters. The zero-order chi connectivity index (χ0) is 11.5. The summed E-state index contributed by atoms with van der Waals surface area (Å²) in [4.78, 5) is 11.8. The standard InChI is InChI=1S/C12H17N3O/c1-10(13)9-14-8-7-12(16)15(14)11-5-3-2-4-6-11/h2-6,10H,7-9,13H2,1H3. The minimum Gasteiger partial charge on any atom is -0.327 e. The van der Waals surface area contributed by atoms with Crippen LogP contribution >= 0.6 is 0 Å². The van der Waals surface area contributed by atoms with E-state index in [2.05, 4.69) is 0 Å². The number of hydrogen-bond acceptors (Lipinski definition) is 3. The van der Waals surface area contributed by atoms with Gasteiger partial charge in [-0.3, -0.25) is 4.79 Å². The Morgan fingerprint density at radius 2 is 2.06 bits per heavy atom. The summed E-state index contributed by atoms with van der Waals surface area (Å²) in [6.45, 7) is 3.42. The van der Waals surface area contributed by atoms with Gasteiger partial charge in [0.05, 0.1) is 5.69 Å². The van der Waals surface area contributed by atoms with Crippen molar-refractivity contribution in [2.45, 2.75) is 19.4 Å². The van der Waals surface area contributed by atoms with E-state index < -0.39 is 0 Å². The van der Waals surface area contributed by atoms with Crippen LogP contribution in [0.1, 0.15) is 13.3 Å². The van der Waals surface area contributed by atoms with Crippen LogP contribution < -0.4 is 10.7 Å². The van der Waals surface area contributed by atoms with Crippen LogP contribution in [0, 0.1) is 0 Å². The van der Waals surface area contributed by atoms with Gasteiger partial charge >= 0.3 is 0 Å². The molecule has 1 atom stereocenters. The lowest BCUT2D eigenvalue weighted by Crippen LogP contribution is -2.44. The number of carbonyl (C=O) groups is 1. The van der Waals surface area contributed by atoms with Crippen LogP contribution in [0.3, 0.4) is 0 Å². The molecular weight excluding hydrogens is 202 g/mol. The molecule has 0 aliphatic carbocycles. The first-order chi connectivity index (χ1) is 7.68. The lowest BCUT2D eigenvalue weighted by atomic mass is 10.3. The van der Waals surface area contributed by atoms with E-state index in [0.29, 0.717) is 13.0 Å². The molecule has 1 aromatic rings. The van der Waals surface area contributed by atoms with Gasteiger partial charge in [0.25, 0.3) is 0 Å². The molecule has 2 N–H and O–H groups in total. The fourth-order valence-corrected chi connectivity index (χ4v) is 1.97. The van der Waals surface area contributed by atoms with Crippen LogP contribution in [-0.2, 0) is 4.79 Å². The summed E-state index contributed by atoms with van der Waals surface area (Å²) in [5.41, 5.74) is 6.70. The second-order valence-corrected chi connectivity index (χ2v) is 4.18. The third-order valence-corrected chi connectivity index (χ3v) is 2.60. The maximum atomic E-state index is 11.8. The second-order valence-electron chi connectivity index (χ2n) is 4.18. The maximum absolute atomic E-state index is 11.8. The minimum atomic E-state index is 0.0668. The molecule has 1 fully saturated rings. The van der Waals surface area contributed by atoms with Crippen molar-refractivity contribution in [1.29, 1.82) is 0 Å². The van der Waals surface area contributed by atoms with Gasteiger partial charge in [-0.2, -0.15) is 0 Å². The van der Waals surface area contributed by atoms with Crippen molar-refractivity contribution in [2.75, 3.05) is 18.1 Å². The van der Waals surface area contributed by atoms with E-state index in [1.807, 2.05) is 42.3 Å². The Bertz CT molecular complexity index is 364. The molecule has 0 radical (unpaired) electrons. The van der Waals surface area contributed by atoms with Gasteiger partial charge in [-0.25, -0.2) is 10.0 Å². The highest BCUT2D eigenvalue weighted by atomic mass is 16.2. The lowest BCUT2D eigenvalue weighted by Gasteiger charge is -2.29. The quantitative estimate of drug-likeness (QED) is 0.824. The number of nitrogens with two attached hydrogens (primary N) is 1. The molecule has 1 aromatic carbocycles. The zero-order valence-electron chi connectivity index (χ0n) is 9.47. The zero-order valence-corrected chi connectivity index (χ0v) is 9.47. The average Bonchev–Trinajstić information content (AvgIpc) is 2.60. The smallest absolute Gasteiger partial charge is 0.242 e. The molecule has 16 heavy (non-hydrogen) atoms. The predicted molar refractivity (Wildman–Crippen MR) is 63.8 cm³/mol. The van der Waals surface area contributed by atoms with E-state index in [-0.39, 0.29) is 11.9 Å². The van der Waals surface area contributed by atoms with Crippen molar-refractivity contribution in [3.8, 4) is 0 Å². The predicted octanol–water partition coefficient (Wildman–Crippen LogP) is 0.987. The Kier molecular flexibility index (Phi) is 3.22. The largest absolute Gasteiger partial charge is 0.327 e. The first-order valence-corrected chi connectivity index (χ1v) is 5.57. The van der Waals surface area contributed by atoms with Crippen molar-refractivity contribution in [1.82, 2.24) is 5.01 Å². The molecule has 1 amide bonds. The van der Waals surface area contributed by atoms with Crippen molar-refractivity contribution in [3.05, 3.63) is 30.3 Å². The number of nitrogens with zero attached hydrogens (tertiary/aromatic N) is 2. The molecule has 0 spiro atoms. The highest BCUT2D eigenvalue weighted by molar-refractivity contribution is 5.94. The molecule has 4 heteroatoms. The van der Waals surface area contributed by atoms with Crippen LogP contribution in [0.2, 0.25) is 0 Å². The number of carbonyl (C=O) groups excluding carboxylic acids is 1. The summed E-state index contributed by atoms with van der Waals surface area (Å²) in [5.74, 6) is 0.145. The summed E-state index contributed by atoms with van der Waals surface area (Å²) in [7, 11) is 0. The summed E-state index contributed by atoms with van der Waals surface area (Å²) >= 11 is 0. The molecular formula is C12H17N3O. The van der Waals surface area contributed by atoms with Gasteiger partial charge in [-0.15, -0.1) is 0 Å². The SMILES string of the molecule is CC(N)CN1CCC(=O)N1c1ccccc1. The highest BCUT2D eigenvalue weighted by Crippen LogP contribution is 2.22. The lowest BCUT2D eigenvalue weighted by molar-refractivity contribution is -0.118. The van der Waals surface area contributed by atoms with Gasteiger partial charge in [-0.1, -0.05) is 18.2 Å². The Labute approximate surface area is 95.6 Å². The molecule has 1 saturated heterocycles. The van der Waals surface area contributed by atoms with Crippen LogP contribution in [-0.4, -0.2) is 30.0 Å². The van der Waals surface area contributed by atoms with Gasteiger partial charge in [0.1, 0.15) is 0 Å². The third-order valence-electron chi connectivity index (χ3n) is 2.60. The first-order valence-electron chi connectivity index (χ1n) is 5.57. The monoisotopic (exact) mass is 219 g/mol. The van der Waals surface area contributed by atoms with Gasteiger partial charge in [-0.05, 0) is 19.1 Å². The Morgan fingerprint density at radius 3 is 2.69 bits per heavy atom. The maximum Gasteiger partial charge on any atom is 0.242 e. The van der Waals surface area contributed by atoms with E-state index in [0.717, 1.165) is 12.2 Å². The minimum absolute atomic E-state index is 0.0668. The summed E-state index contributed by atoms with van der Waals surface area (Å²) in [5, 5.41) is 3.76. The number of rotatable bonds is 3. The van der Waals surface area contributed by atoms with Gasteiger partial charge < -0.3 is 5.73 Å². The Balaban J connectivity index is 2.19. The molecule has 86 valence electrons. The van der Waals surface area contributed by atoms with Crippen molar-refractivity contribution >= 4 is 11.6 Å². The molecule has 1 aliphatic rings. The number of hydrogen-bond donors (Lipinski definition) is 1. The van der Waals surface area contributed by atoms with E-state index in [1.165, 1.54) is 0 Å². The van der Waals surface area contributed by atoms with E-state index in [4.69, 9.17) is 5.73 Å². The number of amides is 1. The fraction of sp³-hybridized carbons (Fsp3) is 0.417. The normalized spacial score (nSPS) is 19.1. The third kappa shape index (κ3) is 2.23. The molecule has 1 heterocycles. The molecule has 1 aliphatic heterocycles. The second kappa shape index (κ2) is 4.63. The van der Waals surface area contributed by atoms with Gasteiger partial charge in [0, 0.05) is 25.6 Å². The van der Waals surface area contributed by atoms with Gasteiger partial charge in [0.15, 0.2) is 0 Å². The van der Waals surface area contributed by atoms with Crippen LogP contribution in [0.4, 0.5) is 5.69 Å². The van der Waals surface area contributed by atoms with Gasteiger partial charge in [0.2, 0.25) is 5.91 Å². The Morgan fingerprint density at radius 1 is 1.38 bits per heavy atom. The van der Waals surface area contributed by atoms with Crippen molar-refractivity contribution in [2.24, 2.45) is 5.73 Å². The van der Waals surface area contributed by atoms with Crippen LogP contribution in [0.25, 0.3) is 0 Å². The number of benzene rings is 1. The van der Waals surface area contributed by atoms with E-state index >= 15 is 0 Å². The first kappa shape index (κ1) is 11.1. The number of anilines is 1. The summed E-state index contributed by atoms with van der Waals surface area (Å²) in [6.07, 6.45) is 0.571. The summed E-state index contributed by atoms with van der Waals surface area (Å²) < 4.78 is 0. The molecule has 0 bridgehead atoms. The molecule has 0 saturated carbocycles. The fourth-order valence-electron chi connectivity index (χ4n) is 1.97. The summed E-state index contributed by atoms with van der Waals surface area (Å²) in [6, 6.07) is 9.77. The highest BCUT2D eigenvalue weighted by Gasteiger charge is 2.30. The molecule has 2 rings (SSSR count). The van der Waals surface area contributed by atoms with Crippen molar-refractivity contribution < 1.29 is 4.79 Å². The van der Waals surface area contributed by atoms with Crippen molar-refractivity contribution in [3.63, 3.8) is 0 Å². The van der Waals surface area contributed by atoms with E-state index in [1.54, 1.807) is 5.01 Å². The number of para-hydroxylation sites is 1. The molecule has 4 nitrogen and oxygen atoms in total. The number of hydrazine groups is 1.